The summed E-state index contributed by atoms with van der Waals surface area (Å²) in [4.78, 5) is 14.2. The summed E-state index contributed by atoms with van der Waals surface area (Å²) in [6, 6.07) is 14.5. The maximum Gasteiger partial charge on any atom is 0.246 e. The average Bonchev–Trinajstić information content (AvgIpc) is 3.05. The van der Waals surface area contributed by atoms with Gasteiger partial charge in [0.25, 0.3) is 0 Å². The normalized spacial score (nSPS) is 19.4. The second-order valence-electron chi connectivity index (χ2n) is 5.61. The molecule has 2 heterocycles. The first-order valence-electron chi connectivity index (χ1n) is 7.20. The number of hydrogen-bond acceptors (Lipinski definition) is 3. The average molecular weight is 279 g/mol. The fourth-order valence-corrected chi connectivity index (χ4v) is 3.25. The van der Waals surface area contributed by atoms with Crippen molar-refractivity contribution in [2.75, 3.05) is 17.3 Å². The number of fused-ring (bicyclic) bond motifs is 2. The molecule has 1 unspecified atom stereocenters. The number of amides is 1. The van der Waals surface area contributed by atoms with Crippen LogP contribution < -0.4 is 15.5 Å². The molecule has 4 rings (SSSR count). The summed E-state index contributed by atoms with van der Waals surface area (Å²) in [7, 11) is 1.81. The summed E-state index contributed by atoms with van der Waals surface area (Å²) in [6.45, 7) is 1.86. The number of nitrogens with one attached hydrogen (secondary N) is 2. The number of hydrogen-bond donors (Lipinski definition) is 2. The predicted octanol–water partition coefficient (Wildman–Crippen LogP) is 2.42. The predicted molar refractivity (Wildman–Crippen MR) is 83.2 cm³/mol. The quantitative estimate of drug-likeness (QED) is 0.887. The Morgan fingerprint density at radius 1 is 1.14 bits per heavy atom. The molecule has 2 aromatic rings. The van der Waals surface area contributed by atoms with Gasteiger partial charge in [0.2, 0.25) is 5.91 Å². The van der Waals surface area contributed by atoms with E-state index in [0.717, 1.165) is 30.0 Å². The van der Waals surface area contributed by atoms with E-state index in [1.807, 2.05) is 13.1 Å². The highest BCUT2D eigenvalue weighted by atomic mass is 16.2. The molecule has 4 nitrogen and oxygen atoms in total. The van der Waals surface area contributed by atoms with Crippen molar-refractivity contribution in [1.29, 1.82) is 0 Å². The van der Waals surface area contributed by atoms with Gasteiger partial charge in [0.05, 0.1) is 0 Å². The van der Waals surface area contributed by atoms with Crippen molar-refractivity contribution in [2.24, 2.45) is 0 Å². The third-order valence-electron chi connectivity index (χ3n) is 4.36. The van der Waals surface area contributed by atoms with Crippen molar-refractivity contribution in [3.8, 4) is 0 Å². The molecule has 0 spiro atoms. The fourth-order valence-electron chi connectivity index (χ4n) is 3.25. The molecule has 4 heteroatoms. The van der Waals surface area contributed by atoms with Crippen LogP contribution in [0.2, 0.25) is 0 Å². The summed E-state index contributed by atoms with van der Waals surface area (Å²) in [6.07, 6.45) is 0. The maximum atomic E-state index is 11.9. The van der Waals surface area contributed by atoms with Gasteiger partial charge in [-0.3, -0.25) is 4.79 Å². The summed E-state index contributed by atoms with van der Waals surface area (Å²) in [5.74, 6) is 0.0226. The summed E-state index contributed by atoms with van der Waals surface area (Å²) < 4.78 is 0. The van der Waals surface area contributed by atoms with E-state index in [9.17, 15) is 4.79 Å². The Labute approximate surface area is 123 Å². The summed E-state index contributed by atoms with van der Waals surface area (Å²) in [5.41, 5.74) is 5.88. The zero-order valence-electron chi connectivity index (χ0n) is 11.9. The van der Waals surface area contributed by atoms with Crippen LogP contribution in [-0.4, -0.2) is 13.0 Å². The van der Waals surface area contributed by atoms with Crippen LogP contribution in [0, 0.1) is 0 Å². The molecule has 1 atom stereocenters. The van der Waals surface area contributed by atoms with Crippen LogP contribution in [0.15, 0.2) is 42.5 Å². The molecule has 2 N–H and O–H groups in total. The molecule has 0 saturated carbocycles. The molecule has 2 aliphatic rings. The van der Waals surface area contributed by atoms with Crippen LogP contribution in [0.1, 0.15) is 22.7 Å². The number of benzene rings is 2. The zero-order valence-corrected chi connectivity index (χ0v) is 11.9. The van der Waals surface area contributed by atoms with Gasteiger partial charge in [0.15, 0.2) is 0 Å². The lowest BCUT2D eigenvalue weighted by Gasteiger charge is -2.19. The van der Waals surface area contributed by atoms with Gasteiger partial charge in [0, 0.05) is 30.0 Å². The van der Waals surface area contributed by atoms with Gasteiger partial charge in [0.1, 0.15) is 6.04 Å². The number of anilines is 2. The third kappa shape index (κ3) is 1.91. The molecular weight excluding hydrogens is 262 g/mol. The van der Waals surface area contributed by atoms with E-state index in [2.05, 4.69) is 51.9 Å². The zero-order chi connectivity index (χ0) is 14.4. The molecule has 0 saturated heterocycles. The minimum Gasteiger partial charge on any atom is -0.363 e. The monoisotopic (exact) mass is 279 g/mol. The highest BCUT2D eigenvalue weighted by Crippen LogP contribution is 2.36. The van der Waals surface area contributed by atoms with Gasteiger partial charge in [-0.1, -0.05) is 30.3 Å². The molecule has 21 heavy (non-hydrogen) atoms. The standard InChI is InChI=1S/C17H17N3O/c1-18-16-14-7-6-13(8-15(14)19-17(16)21)20-9-11-4-2-3-5-12(11)10-20/h2-8,16,18H,9-10H2,1H3,(H,19,21). The van der Waals surface area contributed by atoms with Gasteiger partial charge in [-0.05, 0) is 30.3 Å². The second kappa shape index (κ2) is 4.60. The van der Waals surface area contributed by atoms with Crippen molar-refractivity contribution >= 4 is 17.3 Å². The van der Waals surface area contributed by atoms with E-state index in [1.165, 1.54) is 11.1 Å². The highest BCUT2D eigenvalue weighted by Gasteiger charge is 2.30. The first-order valence-corrected chi connectivity index (χ1v) is 7.20. The molecule has 2 aliphatic heterocycles. The van der Waals surface area contributed by atoms with E-state index < -0.39 is 0 Å². The lowest BCUT2D eigenvalue weighted by atomic mass is 10.1. The van der Waals surface area contributed by atoms with Gasteiger partial charge < -0.3 is 15.5 Å². The van der Waals surface area contributed by atoms with E-state index in [-0.39, 0.29) is 11.9 Å². The number of rotatable bonds is 2. The Bertz CT molecular complexity index is 701. The molecule has 0 fully saturated rings. The minimum atomic E-state index is -0.232. The Morgan fingerprint density at radius 3 is 2.52 bits per heavy atom. The Kier molecular flexibility index (Phi) is 2.72. The smallest absolute Gasteiger partial charge is 0.246 e. The van der Waals surface area contributed by atoms with Crippen LogP contribution in [0.25, 0.3) is 0 Å². The van der Waals surface area contributed by atoms with Gasteiger partial charge in [-0.15, -0.1) is 0 Å². The largest absolute Gasteiger partial charge is 0.363 e. The maximum absolute atomic E-state index is 11.9. The molecule has 0 bridgehead atoms. The van der Waals surface area contributed by atoms with Crippen molar-refractivity contribution in [2.45, 2.75) is 19.1 Å². The van der Waals surface area contributed by atoms with E-state index in [0.29, 0.717) is 0 Å². The molecule has 0 radical (unpaired) electrons. The van der Waals surface area contributed by atoms with Crippen molar-refractivity contribution in [1.82, 2.24) is 5.32 Å². The summed E-state index contributed by atoms with van der Waals surface area (Å²) in [5, 5.41) is 6.00. The number of nitrogens with zero attached hydrogens (tertiary/aromatic N) is 1. The minimum absolute atomic E-state index is 0.0226. The van der Waals surface area contributed by atoms with E-state index in [1.54, 1.807) is 0 Å². The van der Waals surface area contributed by atoms with Crippen molar-refractivity contribution in [3.05, 3.63) is 59.2 Å². The lowest BCUT2D eigenvalue weighted by Crippen LogP contribution is -2.23. The van der Waals surface area contributed by atoms with Crippen LogP contribution in [0.4, 0.5) is 11.4 Å². The number of likely N-dealkylation sites (N-methyl/N-ethyl adjacent to an activating group) is 1. The van der Waals surface area contributed by atoms with Crippen LogP contribution in [-0.2, 0) is 17.9 Å². The summed E-state index contributed by atoms with van der Waals surface area (Å²) >= 11 is 0. The molecular formula is C17H17N3O. The van der Waals surface area contributed by atoms with Crippen LogP contribution in [0.3, 0.4) is 0 Å². The van der Waals surface area contributed by atoms with Crippen LogP contribution >= 0.6 is 0 Å². The topological polar surface area (TPSA) is 44.4 Å². The highest BCUT2D eigenvalue weighted by molar-refractivity contribution is 6.03. The second-order valence-corrected chi connectivity index (χ2v) is 5.61. The Hall–Kier alpha value is -2.33. The number of carbonyl (C=O) groups is 1. The van der Waals surface area contributed by atoms with Gasteiger partial charge in [-0.2, -0.15) is 0 Å². The first-order chi connectivity index (χ1) is 10.3. The molecule has 0 aromatic heterocycles. The molecule has 0 aliphatic carbocycles. The van der Waals surface area contributed by atoms with Gasteiger partial charge >= 0.3 is 0 Å². The fraction of sp³-hybridized carbons (Fsp3) is 0.235. The molecule has 106 valence electrons. The SMILES string of the molecule is CNC1C(=O)Nc2cc(N3Cc4ccccc4C3)ccc21. The van der Waals surface area contributed by atoms with Crippen molar-refractivity contribution in [3.63, 3.8) is 0 Å². The molecule has 2 aromatic carbocycles. The van der Waals surface area contributed by atoms with Crippen LogP contribution in [0.5, 0.6) is 0 Å². The third-order valence-corrected chi connectivity index (χ3v) is 4.36. The number of carbonyl (C=O) groups excluding carboxylic acids is 1. The molecule has 1 amide bonds. The van der Waals surface area contributed by atoms with E-state index in [4.69, 9.17) is 0 Å². The Morgan fingerprint density at radius 2 is 1.86 bits per heavy atom. The first kappa shape index (κ1) is 12.4. The van der Waals surface area contributed by atoms with E-state index >= 15 is 0 Å². The van der Waals surface area contributed by atoms with Gasteiger partial charge in [-0.25, -0.2) is 0 Å². The lowest BCUT2D eigenvalue weighted by molar-refractivity contribution is -0.117. The Balaban J connectivity index is 1.65. The van der Waals surface area contributed by atoms with Crippen molar-refractivity contribution < 1.29 is 4.79 Å².